The van der Waals surface area contributed by atoms with Crippen LogP contribution < -0.4 is 5.32 Å². The number of rotatable bonds is 2. The summed E-state index contributed by atoms with van der Waals surface area (Å²) < 4.78 is 0. The maximum absolute atomic E-state index is 3.86. The Kier molecular flexibility index (Phi) is 5.16. The lowest BCUT2D eigenvalue weighted by atomic mass is 10.1. The molecule has 0 fully saturated rings. The van der Waals surface area contributed by atoms with E-state index >= 15 is 0 Å². The van der Waals surface area contributed by atoms with Gasteiger partial charge in [-0.15, -0.1) is 12.4 Å². The molecule has 0 bridgehead atoms. The molecule has 72 valence electrons. The van der Waals surface area contributed by atoms with E-state index in [-0.39, 0.29) is 12.4 Å². The molecule has 0 amide bonds. The highest BCUT2D eigenvalue weighted by Crippen LogP contribution is 2.14. The SMILES string of the molecule is CN=CNc1ccc(C)cc1C.Cl. The average molecular weight is 199 g/mol. The number of anilines is 1. The molecule has 0 saturated heterocycles. The molecule has 0 atom stereocenters. The monoisotopic (exact) mass is 198 g/mol. The van der Waals surface area contributed by atoms with Crippen molar-refractivity contribution in [3.8, 4) is 0 Å². The highest BCUT2D eigenvalue weighted by atomic mass is 35.5. The maximum atomic E-state index is 3.86. The number of halogens is 1. The van der Waals surface area contributed by atoms with E-state index in [1.807, 2.05) is 0 Å². The molecule has 1 aromatic rings. The summed E-state index contributed by atoms with van der Waals surface area (Å²) in [6, 6.07) is 6.29. The topological polar surface area (TPSA) is 24.4 Å². The minimum atomic E-state index is 0. The fourth-order valence-electron chi connectivity index (χ4n) is 1.11. The van der Waals surface area contributed by atoms with Crippen molar-refractivity contribution < 1.29 is 0 Å². The molecule has 0 spiro atoms. The number of aliphatic imine (C=N–C) groups is 1. The van der Waals surface area contributed by atoms with Crippen LogP contribution in [0, 0.1) is 13.8 Å². The molecule has 0 aromatic heterocycles. The highest BCUT2D eigenvalue weighted by molar-refractivity contribution is 5.85. The van der Waals surface area contributed by atoms with Crippen LogP contribution in [0.3, 0.4) is 0 Å². The summed E-state index contributed by atoms with van der Waals surface area (Å²) >= 11 is 0. The van der Waals surface area contributed by atoms with E-state index < -0.39 is 0 Å². The Balaban J connectivity index is 0.00000144. The number of aryl methyl sites for hydroxylation is 2. The summed E-state index contributed by atoms with van der Waals surface area (Å²) in [7, 11) is 1.75. The number of hydrogen-bond donors (Lipinski definition) is 1. The molecule has 0 saturated carbocycles. The molecule has 2 nitrogen and oxygen atoms in total. The van der Waals surface area contributed by atoms with Crippen molar-refractivity contribution in [3.63, 3.8) is 0 Å². The summed E-state index contributed by atoms with van der Waals surface area (Å²) in [6.07, 6.45) is 1.69. The van der Waals surface area contributed by atoms with Crippen LogP contribution in [0.25, 0.3) is 0 Å². The van der Waals surface area contributed by atoms with Gasteiger partial charge in [0.2, 0.25) is 0 Å². The minimum absolute atomic E-state index is 0. The van der Waals surface area contributed by atoms with Crippen LogP contribution in [-0.4, -0.2) is 13.4 Å². The minimum Gasteiger partial charge on any atom is -0.347 e. The van der Waals surface area contributed by atoms with Gasteiger partial charge in [0.25, 0.3) is 0 Å². The Bertz CT molecular complexity index is 295. The Labute approximate surface area is 85.5 Å². The standard InChI is InChI=1S/C10H14N2.ClH/c1-8-4-5-10(9(2)6-8)12-7-11-3;/h4-7H,1-3H3,(H,11,12);1H. The van der Waals surface area contributed by atoms with E-state index in [4.69, 9.17) is 0 Å². The first kappa shape index (κ1) is 12.0. The zero-order valence-electron chi connectivity index (χ0n) is 8.16. The first-order valence-corrected chi connectivity index (χ1v) is 3.98. The smallest absolute Gasteiger partial charge is 0.0864 e. The second kappa shape index (κ2) is 5.60. The van der Waals surface area contributed by atoms with Gasteiger partial charge < -0.3 is 5.32 Å². The zero-order chi connectivity index (χ0) is 8.97. The van der Waals surface area contributed by atoms with Gasteiger partial charge in [-0.05, 0) is 25.5 Å². The van der Waals surface area contributed by atoms with Gasteiger partial charge in [-0.1, -0.05) is 17.7 Å². The summed E-state index contributed by atoms with van der Waals surface area (Å²) in [5, 5.41) is 3.10. The van der Waals surface area contributed by atoms with Crippen molar-refractivity contribution in [2.45, 2.75) is 13.8 Å². The van der Waals surface area contributed by atoms with E-state index in [1.165, 1.54) is 11.1 Å². The number of hydrogen-bond acceptors (Lipinski definition) is 1. The molecule has 1 N–H and O–H groups in total. The molecule has 1 aromatic carbocycles. The van der Waals surface area contributed by atoms with Gasteiger partial charge in [0, 0.05) is 12.7 Å². The van der Waals surface area contributed by atoms with Crippen LogP contribution >= 0.6 is 12.4 Å². The predicted molar refractivity (Wildman–Crippen MR) is 61.2 cm³/mol. The molecule has 0 radical (unpaired) electrons. The van der Waals surface area contributed by atoms with E-state index in [1.54, 1.807) is 13.4 Å². The highest BCUT2D eigenvalue weighted by Gasteiger charge is 1.94. The second-order valence-electron chi connectivity index (χ2n) is 2.85. The molecular formula is C10H15ClN2. The lowest BCUT2D eigenvalue weighted by Gasteiger charge is -2.04. The summed E-state index contributed by atoms with van der Waals surface area (Å²) in [6.45, 7) is 4.17. The first-order chi connectivity index (χ1) is 5.74. The van der Waals surface area contributed by atoms with Crippen molar-refractivity contribution in [1.29, 1.82) is 0 Å². The van der Waals surface area contributed by atoms with Crippen molar-refractivity contribution in [3.05, 3.63) is 29.3 Å². The average Bonchev–Trinajstić information content (AvgIpc) is 2.03. The van der Waals surface area contributed by atoms with E-state index in [0.717, 1.165) is 5.69 Å². The summed E-state index contributed by atoms with van der Waals surface area (Å²) in [4.78, 5) is 3.86. The van der Waals surface area contributed by atoms with Crippen molar-refractivity contribution in [1.82, 2.24) is 0 Å². The molecule has 0 aliphatic carbocycles. The van der Waals surface area contributed by atoms with Crippen LogP contribution in [0.2, 0.25) is 0 Å². The molecule has 0 aliphatic heterocycles. The van der Waals surface area contributed by atoms with E-state index in [9.17, 15) is 0 Å². The first-order valence-electron chi connectivity index (χ1n) is 3.98. The normalized spacial score (nSPS) is 9.77. The van der Waals surface area contributed by atoms with Gasteiger partial charge in [0.15, 0.2) is 0 Å². The van der Waals surface area contributed by atoms with Crippen LogP contribution in [0.4, 0.5) is 5.69 Å². The molecule has 0 aliphatic rings. The Morgan fingerprint density at radius 2 is 2.00 bits per heavy atom. The van der Waals surface area contributed by atoms with Gasteiger partial charge in [-0.2, -0.15) is 0 Å². The van der Waals surface area contributed by atoms with Gasteiger partial charge in [0.1, 0.15) is 0 Å². The third-order valence-corrected chi connectivity index (χ3v) is 1.73. The summed E-state index contributed by atoms with van der Waals surface area (Å²) in [5.41, 5.74) is 3.65. The van der Waals surface area contributed by atoms with Crippen LogP contribution in [0.5, 0.6) is 0 Å². The molecule has 3 heteroatoms. The van der Waals surface area contributed by atoms with Crippen molar-refractivity contribution >= 4 is 24.4 Å². The van der Waals surface area contributed by atoms with Gasteiger partial charge in [0.05, 0.1) is 6.34 Å². The Morgan fingerprint density at radius 3 is 2.54 bits per heavy atom. The third-order valence-electron chi connectivity index (χ3n) is 1.73. The Morgan fingerprint density at radius 1 is 1.31 bits per heavy atom. The van der Waals surface area contributed by atoms with Gasteiger partial charge in [-0.25, -0.2) is 0 Å². The van der Waals surface area contributed by atoms with E-state index in [0.29, 0.717) is 0 Å². The molecule has 13 heavy (non-hydrogen) atoms. The fourth-order valence-corrected chi connectivity index (χ4v) is 1.11. The number of nitrogens with one attached hydrogen (secondary N) is 1. The van der Waals surface area contributed by atoms with Crippen LogP contribution in [0.1, 0.15) is 11.1 Å². The molecule has 0 unspecified atom stereocenters. The maximum Gasteiger partial charge on any atom is 0.0864 e. The largest absolute Gasteiger partial charge is 0.347 e. The van der Waals surface area contributed by atoms with Gasteiger partial charge in [-0.3, -0.25) is 4.99 Å². The van der Waals surface area contributed by atoms with E-state index in [2.05, 4.69) is 42.4 Å². The van der Waals surface area contributed by atoms with Crippen LogP contribution in [0.15, 0.2) is 23.2 Å². The van der Waals surface area contributed by atoms with Crippen molar-refractivity contribution in [2.24, 2.45) is 4.99 Å². The molecule has 0 heterocycles. The van der Waals surface area contributed by atoms with Gasteiger partial charge >= 0.3 is 0 Å². The Hall–Kier alpha value is -1.02. The lowest BCUT2D eigenvalue weighted by molar-refractivity contribution is 1.37. The molecule has 1 rings (SSSR count). The molecular weight excluding hydrogens is 184 g/mol. The van der Waals surface area contributed by atoms with Crippen molar-refractivity contribution in [2.75, 3.05) is 12.4 Å². The fraction of sp³-hybridized carbons (Fsp3) is 0.300. The number of benzene rings is 1. The quantitative estimate of drug-likeness (QED) is 0.574. The third kappa shape index (κ3) is 3.47. The zero-order valence-corrected chi connectivity index (χ0v) is 8.98. The van der Waals surface area contributed by atoms with Crippen LogP contribution in [-0.2, 0) is 0 Å². The second-order valence-corrected chi connectivity index (χ2v) is 2.85. The predicted octanol–water partition coefficient (Wildman–Crippen LogP) is 2.80. The lowest BCUT2D eigenvalue weighted by Crippen LogP contribution is -1.96. The summed E-state index contributed by atoms with van der Waals surface area (Å²) in [5.74, 6) is 0. The number of nitrogens with zero attached hydrogens (tertiary/aromatic N) is 1.